The minimum absolute atomic E-state index is 0.417. The van der Waals surface area contributed by atoms with Crippen molar-refractivity contribution in [2.24, 2.45) is 5.41 Å². The molecule has 0 bridgehead atoms. The van der Waals surface area contributed by atoms with E-state index < -0.39 is 5.60 Å². The van der Waals surface area contributed by atoms with E-state index in [1.807, 2.05) is 0 Å². The summed E-state index contributed by atoms with van der Waals surface area (Å²) in [7, 11) is 0. The molecule has 0 unspecified atom stereocenters. The molecule has 17 heavy (non-hydrogen) atoms. The summed E-state index contributed by atoms with van der Waals surface area (Å²) in [6, 6.07) is 4.20. The number of rotatable bonds is 4. The van der Waals surface area contributed by atoms with Crippen LogP contribution in [0.1, 0.15) is 44.4 Å². The van der Waals surface area contributed by atoms with Gasteiger partial charge in [-0.05, 0) is 42.5 Å². The Bertz CT molecular complexity index is 335. The zero-order chi connectivity index (χ0) is 12.4. The molecule has 0 aliphatic heterocycles. The van der Waals surface area contributed by atoms with Gasteiger partial charge in [0.25, 0.3) is 0 Å². The molecule has 2 nitrogen and oxygen atoms in total. The van der Waals surface area contributed by atoms with Crippen molar-refractivity contribution < 1.29 is 5.11 Å². The second-order valence-corrected chi connectivity index (χ2v) is 7.10. The lowest BCUT2D eigenvalue weighted by molar-refractivity contribution is -0.0244. The lowest BCUT2D eigenvalue weighted by Crippen LogP contribution is -2.44. The number of aliphatic hydroxyl groups is 1. The van der Waals surface area contributed by atoms with Crippen molar-refractivity contribution in [3.05, 3.63) is 22.4 Å². The Labute approximate surface area is 108 Å². The summed E-state index contributed by atoms with van der Waals surface area (Å²) < 4.78 is 0. The smallest absolute Gasteiger partial charge is 0.0772 e. The molecule has 0 saturated heterocycles. The largest absolute Gasteiger partial charge is 0.389 e. The summed E-state index contributed by atoms with van der Waals surface area (Å²) >= 11 is 1.76. The van der Waals surface area contributed by atoms with Gasteiger partial charge < -0.3 is 10.4 Å². The molecule has 1 aromatic heterocycles. The fraction of sp³-hybridized carbons (Fsp3) is 0.714. The molecule has 2 rings (SSSR count). The molecule has 2 N–H and O–H groups in total. The molecule has 96 valence electrons. The molecular formula is C14H23NOS. The van der Waals surface area contributed by atoms with Crippen molar-refractivity contribution in [2.45, 2.75) is 51.7 Å². The lowest BCUT2D eigenvalue weighted by Gasteiger charge is -2.40. The van der Waals surface area contributed by atoms with Crippen LogP contribution in [0.25, 0.3) is 0 Å². The summed E-state index contributed by atoms with van der Waals surface area (Å²) in [5, 5.41) is 16.0. The quantitative estimate of drug-likeness (QED) is 0.864. The van der Waals surface area contributed by atoms with Crippen LogP contribution in [0, 0.1) is 5.41 Å². The molecule has 0 radical (unpaired) electrons. The SMILES string of the molecule is CC1(C)CCC(O)(CNCc2cccs2)CC1. The highest BCUT2D eigenvalue weighted by atomic mass is 32.1. The first kappa shape index (κ1) is 13.1. The van der Waals surface area contributed by atoms with Gasteiger partial charge in [-0.2, -0.15) is 0 Å². The summed E-state index contributed by atoms with van der Waals surface area (Å²) in [6.07, 6.45) is 4.11. The van der Waals surface area contributed by atoms with Crippen LogP contribution in [0.15, 0.2) is 17.5 Å². The summed E-state index contributed by atoms with van der Waals surface area (Å²) in [5.41, 5.74) is -0.0627. The molecular weight excluding hydrogens is 230 g/mol. The molecule has 0 amide bonds. The van der Waals surface area contributed by atoms with Gasteiger partial charge in [0.05, 0.1) is 5.60 Å². The third-order valence-electron chi connectivity index (χ3n) is 3.87. The van der Waals surface area contributed by atoms with Crippen LogP contribution in [0.2, 0.25) is 0 Å². The van der Waals surface area contributed by atoms with E-state index in [-0.39, 0.29) is 0 Å². The van der Waals surface area contributed by atoms with Crippen LogP contribution in [0.5, 0.6) is 0 Å². The maximum atomic E-state index is 10.5. The molecule has 0 aromatic carbocycles. The van der Waals surface area contributed by atoms with Gasteiger partial charge in [-0.25, -0.2) is 0 Å². The highest BCUT2D eigenvalue weighted by Gasteiger charge is 2.36. The van der Waals surface area contributed by atoms with Crippen LogP contribution >= 0.6 is 11.3 Å². The van der Waals surface area contributed by atoms with E-state index in [2.05, 4.69) is 36.7 Å². The van der Waals surface area contributed by atoms with E-state index in [1.165, 1.54) is 4.88 Å². The minimum Gasteiger partial charge on any atom is -0.389 e. The van der Waals surface area contributed by atoms with Gasteiger partial charge in [0, 0.05) is 18.0 Å². The van der Waals surface area contributed by atoms with E-state index in [1.54, 1.807) is 11.3 Å². The number of hydrogen-bond acceptors (Lipinski definition) is 3. The van der Waals surface area contributed by atoms with Crippen LogP contribution < -0.4 is 5.32 Å². The Hall–Kier alpha value is -0.380. The summed E-state index contributed by atoms with van der Waals surface area (Å²) in [5.74, 6) is 0. The highest BCUT2D eigenvalue weighted by molar-refractivity contribution is 7.09. The molecule has 0 atom stereocenters. The van der Waals surface area contributed by atoms with Gasteiger partial charge in [0.1, 0.15) is 0 Å². The van der Waals surface area contributed by atoms with Crippen LogP contribution in [0.4, 0.5) is 0 Å². The first-order chi connectivity index (χ1) is 7.99. The van der Waals surface area contributed by atoms with Gasteiger partial charge in [0.2, 0.25) is 0 Å². The van der Waals surface area contributed by atoms with Gasteiger partial charge in [-0.15, -0.1) is 11.3 Å². The van der Waals surface area contributed by atoms with Crippen LogP contribution in [0.3, 0.4) is 0 Å². The standard InChI is InChI=1S/C14H23NOS/c1-13(2)5-7-14(16,8-6-13)11-15-10-12-4-3-9-17-12/h3-4,9,15-16H,5-8,10-11H2,1-2H3. The van der Waals surface area contributed by atoms with Crippen molar-refractivity contribution in [3.63, 3.8) is 0 Å². The molecule has 1 aliphatic rings. The van der Waals surface area contributed by atoms with E-state index in [0.29, 0.717) is 5.41 Å². The van der Waals surface area contributed by atoms with Gasteiger partial charge >= 0.3 is 0 Å². The normalized spacial score (nSPS) is 22.5. The molecule has 1 fully saturated rings. The highest BCUT2D eigenvalue weighted by Crippen LogP contribution is 2.39. The fourth-order valence-corrected chi connectivity index (χ4v) is 3.07. The van der Waals surface area contributed by atoms with E-state index in [9.17, 15) is 5.11 Å². The third-order valence-corrected chi connectivity index (χ3v) is 4.74. The third kappa shape index (κ3) is 3.80. The van der Waals surface area contributed by atoms with Crippen molar-refractivity contribution in [1.29, 1.82) is 0 Å². The maximum Gasteiger partial charge on any atom is 0.0772 e. The zero-order valence-corrected chi connectivity index (χ0v) is 11.6. The molecule has 1 heterocycles. The van der Waals surface area contributed by atoms with Crippen LogP contribution in [-0.2, 0) is 6.54 Å². The van der Waals surface area contributed by atoms with E-state index in [4.69, 9.17) is 0 Å². The molecule has 3 heteroatoms. The number of nitrogens with one attached hydrogen (secondary N) is 1. The molecule has 0 spiro atoms. The first-order valence-corrected chi connectivity index (χ1v) is 7.33. The summed E-state index contributed by atoms with van der Waals surface area (Å²) in [4.78, 5) is 1.34. The second-order valence-electron chi connectivity index (χ2n) is 6.07. The number of hydrogen-bond donors (Lipinski definition) is 2. The predicted molar refractivity (Wildman–Crippen MR) is 73.2 cm³/mol. The average Bonchev–Trinajstić information content (AvgIpc) is 2.77. The average molecular weight is 253 g/mol. The van der Waals surface area contributed by atoms with Crippen molar-refractivity contribution >= 4 is 11.3 Å². The van der Waals surface area contributed by atoms with Crippen LogP contribution in [-0.4, -0.2) is 17.3 Å². The van der Waals surface area contributed by atoms with E-state index >= 15 is 0 Å². The van der Waals surface area contributed by atoms with Crippen molar-refractivity contribution in [2.75, 3.05) is 6.54 Å². The second kappa shape index (κ2) is 5.09. The monoisotopic (exact) mass is 253 g/mol. The zero-order valence-electron chi connectivity index (χ0n) is 10.8. The fourth-order valence-electron chi connectivity index (χ4n) is 2.40. The summed E-state index contributed by atoms with van der Waals surface area (Å²) in [6.45, 7) is 6.20. The topological polar surface area (TPSA) is 32.3 Å². The van der Waals surface area contributed by atoms with Gasteiger partial charge in [-0.1, -0.05) is 19.9 Å². The first-order valence-electron chi connectivity index (χ1n) is 6.45. The van der Waals surface area contributed by atoms with Gasteiger partial charge in [-0.3, -0.25) is 0 Å². The minimum atomic E-state index is -0.479. The lowest BCUT2D eigenvalue weighted by atomic mass is 9.71. The predicted octanol–water partition coefficient (Wildman–Crippen LogP) is 3.17. The van der Waals surface area contributed by atoms with Crippen molar-refractivity contribution in [1.82, 2.24) is 5.32 Å². The Morgan fingerprint density at radius 3 is 2.59 bits per heavy atom. The Balaban J connectivity index is 1.75. The Morgan fingerprint density at radius 2 is 2.00 bits per heavy atom. The number of thiophene rings is 1. The maximum absolute atomic E-state index is 10.5. The molecule has 1 aliphatic carbocycles. The van der Waals surface area contributed by atoms with E-state index in [0.717, 1.165) is 38.8 Å². The van der Waals surface area contributed by atoms with Gasteiger partial charge in [0.15, 0.2) is 0 Å². The molecule has 1 aromatic rings. The molecule has 1 saturated carbocycles. The Morgan fingerprint density at radius 1 is 1.29 bits per heavy atom. The van der Waals surface area contributed by atoms with Crippen molar-refractivity contribution in [3.8, 4) is 0 Å². The Kier molecular flexibility index (Phi) is 3.91.